The van der Waals surface area contributed by atoms with Gasteiger partial charge in [-0.25, -0.2) is 4.79 Å². The van der Waals surface area contributed by atoms with Crippen LogP contribution in [-0.4, -0.2) is 6.16 Å². The summed E-state index contributed by atoms with van der Waals surface area (Å²) in [5, 5.41) is 0. The summed E-state index contributed by atoms with van der Waals surface area (Å²) >= 11 is 0. The van der Waals surface area contributed by atoms with Crippen LogP contribution in [-0.2, 0) is 10.8 Å². The predicted octanol–water partition coefficient (Wildman–Crippen LogP) is 11.3. The second-order valence-electron chi connectivity index (χ2n) is 12.6. The second kappa shape index (κ2) is 12.9. The van der Waals surface area contributed by atoms with Gasteiger partial charge in [0.15, 0.2) is 0 Å². The summed E-state index contributed by atoms with van der Waals surface area (Å²) in [6, 6.07) is 53.1. The zero-order valence-electron chi connectivity index (χ0n) is 26.7. The highest BCUT2D eigenvalue weighted by Gasteiger charge is 2.27. The lowest BCUT2D eigenvalue weighted by Crippen LogP contribution is -2.20. The highest BCUT2D eigenvalue weighted by atomic mass is 16.7. The van der Waals surface area contributed by atoms with E-state index in [2.05, 4.69) is 125 Å². The molecule has 0 radical (unpaired) electrons. The number of hydrogen-bond acceptors (Lipinski definition) is 3. The minimum atomic E-state index is -0.775. The van der Waals surface area contributed by atoms with Gasteiger partial charge in [-0.05, 0) is 68.8 Å². The van der Waals surface area contributed by atoms with Crippen LogP contribution in [0.25, 0.3) is 22.3 Å². The van der Waals surface area contributed by atoms with Gasteiger partial charge in [0.2, 0.25) is 0 Å². The Bertz CT molecular complexity index is 1780. The van der Waals surface area contributed by atoms with Crippen LogP contribution >= 0.6 is 0 Å². The summed E-state index contributed by atoms with van der Waals surface area (Å²) < 4.78 is 11.1. The molecule has 0 saturated carbocycles. The Morgan fingerprint density at radius 3 is 1.11 bits per heavy atom. The van der Waals surface area contributed by atoms with Crippen molar-refractivity contribution in [1.29, 1.82) is 0 Å². The van der Waals surface area contributed by atoms with Gasteiger partial charge < -0.3 is 9.47 Å². The molecule has 3 heteroatoms. The molecule has 0 atom stereocenters. The first-order valence-corrected chi connectivity index (χ1v) is 15.6. The van der Waals surface area contributed by atoms with E-state index < -0.39 is 6.16 Å². The fourth-order valence-corrected chi connectivity index (χ4v) is 6.20. The van der Waals surface area contributed by atoms with Crippen LogP contribution < -0.4 is 9.47 Å². The topological polar surface area (TPSA) is 35.5 Å². The molecule has 228 valence electrons. The molecule has 0 fully saturated rings. The van der Waals surface area contributed by atoms with E-state index in [-0.39, 0.29) is 10.8 Å². The molecular formula is C43H38O3. The van der Waals surface area contributed by atoms with Gasteiger partial charge in [-0.3, -0.25) is 0 Å². The standard InChI is InChI=1S/C43H38O3/c1-42(2,39-21-13-11-19-37(39)31-15-7-5-8-16-31)33-23-27-35(28-24-33)45-41(44)46-36-29-25-34(26-30-36)43(3,4)40-22-14-12-20-38(40)32-17-9-6-10-18-32/h5-30H,1-4H3. The lowest BCUT2D eigenvalue weighted by atomic mass is 9.75. The molecule has 0 amide bonds. The monoisotopic (exact) mass is 602 g/mol. The van der Waals surface area contributed by atoms with E-state index in [9.17, 15) is 4.79 Å². The molecular weight excluding hydrogens is 564 g/mol. The molecule has 0 heterocycles. The van der Waals surface area contributed by atoms with E-state index in [0.29, 0.717) is 11.5 Å². The van der Waals surface area contributed by atoms with Crippen molar-refractivity contribution in [1.82, 2.24) is 0 Å². The summed E-state index contributed by atoms with van der Waals surface area (Å²) in [6.45, 7) is 8.85. The molecule has 0 aliphatic rings. The van der Waals surface area contributed by atoms with Crippen LogP contribution in [0.15, 0.2) is 158 Å². The highest BCUT2D eigenvalue weighted by molar-refractivity contribution is 5.71. The second-order valence-corrected chi connectivity index (χ2v) is 12.6. The van der Waals surface area contributed by atoms with Crippen molar-refractivity contribution < 1.29 is 14.3 Å². The Labute approximate surface area is 272 Å². The molecule has 0 aliphatic carbocycles. The molecule has 0 saturated heterocycles. The molecule has 0 bridgehead atoms. The van der Waals surface area contributed by atoms with Gasteiger partial charge in [0, 0.05) is 10.8 Å². The minimum Gasteiger partial charge on any atom is -0.395 e. The van der Waals surface area contributed by atoms with E-state index in [1.54, 1.807) is 0 Å². The van der Waals surface area contributed by atoms with Gasteiger partial charge in [0.1, 0.15) is 11.5 Å². The van der Waals surface area contributed by atoms with Gasteiger partial charge in [-0.2, -0.15) is 0 Å². The van der Waals surface area contributed by atoms with Crippen LogP contribution in [0.4, 0.5) is 4.79 Å². The molecule has 3 nitrogen and oxygen atoms in total. The zero-order chi connectivity index (χ0) is 32.1. The normalized spacial score (nSPS) is 11.6. The molecule has 6 rings (SSSR count). The number of hydrogen-bond donors (Lipinski definition) is 0. The van der Waals surface area contributed by atoms with Gasteiger partial charge in [-0.1, -0.05) is 161 Å². The highest BCUT2D eigenvalue weighted by Crippen LogP contribution is 2.40. The lowest BCUT2D eigenvalue weighted by Gasteiger charge is -2.29. The van der Waals surface area contributed by atoms with Crippen molar-refractivity contribution >= 4 is 6.16 Å². The van der Waals surface area contributed by atoms with E-state index in [1.165, 1.54) is 33.4 Å². The van der Waals surface area contributed by atoms with Gasteiger partial charge in [-0.15, -0.1) is 0 Å². The third-order valence-corrected chi connectivity index (χ3v) is 8.92. The summed E-state index contributed by atoms with van der Waals surface area (Å²) in [4.78, 5) is 12.7. The summed E-state index contributed by atoms with van der Waals surface area (Å²) in [5.41, 5.74) is 8.90. The van der Waals surface area contributed by atoms with E-state index in [0.717, 1.165) is 11.1 Å². The van der Waals surface area contributed by atoms with Crippen LogP contribution in [0.3, 0.4) is 0 Å². The van der Waals surface area contributed by atoms with Gasteiger partial charge >= 0.3 is 6.16 Å². The quantitative estimate of drug-likeness (QED) is 0.128. The molecule has 0 spiro atoms. The molecule has 46 heavy (non-hydrogen) atoms. The van der Waals surface area contributed by atoms with E-state index in [1.807, 2.05) is 60.7 Å². The van der Waals surface area contributed by atoms with Gasteiger partial charge in [0.05, 0.1) is 0 Å². The Morgan fingerprint density at radius 1 is 0.413 bits per heavy atom. The number of carbonyl (C=O) groups excluding carboxylic acids is 1. The van der Waals surface area contributed by atoms with Crippen molar-refractivity contribution in [3.63, 3.8) is 0 Å². The van der Waals surface area contributed by atoms with Crippen molar-refractivity contribution in [2.75, 3.05) is 0 Å². The maximum atomic E-state index is 12.7. The lowest BCUT2D eigenvalue weighted by molar-refractivity contribution is 0.152. The molecule has 6 aromatic rings. The van der Waals surface area contributed by atoms with E-state index >= 15 is 0 Å². The Balaban J connectivity index is 1.13. The maximum absolute atomic E-state index is 12.7. The predicted molar refractivity (Wildman–Crippen MR) is 188 cm³/mol. The Morgan fingerprint density at radius 2 is 0.739 bits per heavy atom. The fraction of sp³-hybridized carbons (Fsp3) is 0.140. The van der Waals surface area contributed by atoms with Crippen LogP contribution in [0, 0.1) is 0 Å². The Kier molecular flexibility index (Phi) is 8.59. The van der Waals surface area contributed by atoms with Crippen LogP contribution in [0.5, 0.6) is 11.5 Å². The number of benzene rings is 6. The summed E-state index contributed by atoms with van der Waals surface area (Å²) in [7, 11) is 0. The summed E-state index contributed by atoms with van der Waals surface area (Å²) in [5.74, 6) is 0.854. The van der Waals surface area contributed by atoms with Crippen molar-refractivity contribution in [2.45, 2.75) is 38.5 Å². The number of carbonyl (C=O) groups is 1. The van der Waals surface area contributed by atoms with Crippen LogP contribution in [0.2, 0.25) is 0 Å². The Hall–Kier alpha value is -5.41. The molecule has 0 unspecified atom stereocenters. The molecule has 0 aliphatic heterocycles. The summed E-state index contributed by atoms with van der Waals surface area (Å²) in [6.07, 6.45) is -0.775. The average molecular weight is 603 g/mol. The van der Waals surface area contributed by atoms with Crippen LogP contribution in [0.1, 0.15) is 49.9 Å². The van der Waals surface area contributed by atoms with Crippen molar-refractivity contribution in [2.24, 2.45) is 0 Å². The van der Waals surface area contributed by atoms with Gasteiger partial charge in [0.25, 0.3) is 0 Å². The molecule has 0 aromatic heterocycles. The number of ether oxygens (including phenoxy) is 2. The average Bonchev–Trinajstić information content (AvgIpc) is 3.09. The zero-order valence-corrected chi connectivity index (χ0v) is 26.7. The van der Waals surface area contributed by atoms with Crippen molar-refractivity contribution in [3.05, 3.63) is 180 Å². The third-order valence-electron chi connectivity index (χ3n) is 8.92. The molecule has 6 aromatic carbocycles. The smallest absolute Gasteiger partial charge is 0.395 e. The minimum absolute atomic E-state index is 0.275. The maximum Gasteiger partial charge on any atom is 0.519 e. The number of rotatable bonds is 8. The molecule has 0 N–H and O–H groups in total. The van der Waals surface area contributed by atoms with Crippen molar-refractivity contribution in [3.8, 4) is 33.8 Å². The fourth-order valence-electron chi connectivity index (χ4n) is 6.20. The largest absolute Gasteiger partial charge is 0.519 e. The third kappa shape index (κ3) is 6.36. The first-order valence-electron chi connectivity index (χ1n) is 15.6. The first kappa shape index (κ1) is 30.6. The SMILES string of the molecule is CC(C)(c1ccc(OC(=O)Oc2ccc(C(C)(C)c3ccccc3-c3ccccc3)cc2)cc1)c1ccccc1-c1ccccc1. The first-order chi connectivity index (χ1) is 22.2. The van der Waals surface area contributed by atoms with E-state index in [4.69, 9.17) is 9.47 Å².